The van der Waals surface area contributed by atoms with Gasteiger partial charge in [-0.1, -0.05) is 54.1 Å². The molecule has 0 saturated carbocycles. The van der Waals surface area contributed by atoms with Crippen LogP contribution < -0.4 is 0 Å². The Hall–Kier alpha value is -2.43. The molecule has 0 aliphatic rings. The molecular formula is C21H17ClO3S. The van der Waals surface area contributed by atoms with Gasteiger partial charge in [-0.2, -0.15) is 0 Å². The molecule has 0 unspecified atom stereocenters. The van der Waals surface area contributed by atoms with Crippen LogP contribution in [-0.4, -0.2) is 16.9 Å². The normalized spacial score (nSPS) is 10.7. The summed E-state index contributed by atoms with van der Waals surface area (Å²) >= 11 is 7.09. The molecule has 0 radical (unpaired) electrons. The first-order chi connectivity index (χ1) is 12.6. The molecule has 3 rings (SSSR count). The summed E-state index contributed by atoms with van der Waals surface area (Å²) < 4.78 is 0. The average molecular weight is 385 g/mol. The van der Waals surface area contributed by atoms with Gasteiger partial charge in [0.1, 0.15) is 0 Å². The highest BCUT2D eigenvalue weighted by Crippen LogP contribution is 2.33. The summed E-state index contributed by atoms with van der Waals surface area (Å²) in [5, 5.41) is 11.9. The van der Waals surface area contributed by atoms with Gasteiger partial charge in [0, 0.05) is 22.4 Å². The van der Waals surface area contributed by atoms with Gasteiger partial charge < -0.3 is 5.11 Å². The molecule has 5 heteroatoms. The van der Waals surface area contributed by atoms with Gasteiger partial charge >= 0.3 is 5.97 Å². The lowest BCUT2D eigenvalue weighted by Gasteiger charge is -2.04. The van der Waals surface area contributed by atoms with Crippen LogP contribution in [0.1, 0.15) is 38.4 Å². The van der Waals surface area contributed by atoms with E-state index in [4.69, 9.17) is 11.6 Å². The van der Waals surface area contributed by atoms with E-state index in [-0.39, 0.29) is 11.3 Å². The molecule has 0 fully saturated rings. The summed E-state index contributed by atoms with van der Waals surface area (Å²) in [4.78, 5) is 24.7. The van der Waals surface area contributed by atoms with Crippen LogP contribution in [0.2, 0.25) is 5.02 Å². The van der Waals surface area contributed by atoms with E-state index in [1.165, 1.54) is 16.9 Å². The predicted octanol–water partition coefficient (Wildman–Crippen LogP) is 5.97. The van der Waals surface area contributed by atoms with Crippen LogP contribution in [0.5, 0.6) is 0 Å². The fraction of sp³-hybridized carbons (Fsp3) is 0.143. The number of carbonyl (C=O) groups is 2. The Kier molecular flexibility index (Phi) is 5.86. The lowest BCUT2D eigenvalue weighted by Crippen LogP contribution is -2.06. The van der Waals surface area contributed by atoms with E-state index in [2.05, 4.69) is 0 Å². The number of halogens is 1. The summed E-state index contributed by atoms with van der Waals surface area (Å²) in [5.41, 5.74) is 2.56. The van der Waals surface area contributed by atoms with E-state index in [1.54, 1.807) is 29.6 Å². The second-order valence-corrected chi connectivity index (χ2v) is 7.24. The van der Waals surface area contributed by atoms with E-state index < -0.39 is 5.97 Å². The standard InChI is InChI=1S/C21H17ClO3S/c22-16-11-9-15(10-12-16)17-13-26-20(19(17)21(24)25)18(23)8-4-7-14-5-2-1-3-6-14/h1-3,5-6,9-13H,4,7-8H2,(H,24,25). The van der Waals surface area contributed by atoms with Crippen LogP contribution in [0.15, 0.2) is 60.0 Å². The maximum atomic E-state index is 12.6. The Labute approximate surface area is 160 Å². The van der Waals surface area contributed by atoms with Gasteiger partial charge in [0.15, 0.2) is 5.78 Å². The van der Waals surface area contributed by atoms with Gasteiger partial charge in [0.2, 0.25) is 0 Å². The van der Waals surface area contributed by atoms with Crippen molar-refractivity contribution in [3.05, 3.63) is 81.0 Å². The zero-order chi connectivity index (χ0) is 18.5. The number of carboxylic acid groups (broad SMARTS) is 1. The van der Waals surface area contributed by atoms with E-state index >= 15 is 0 Å². The molecule has 0 atom stereocenters. The van der Waals surface area contributed by atoms with Crippen molar-refractivity contribution in [3.8, 4) is 11.1 Å². The Morgan fingerprint density at radius 3 is 2.35 bits per heavy atom. The molecular weight excluding hydrogens is 368 g/mol. The summed E-state index contributed by atoms with van der Waals surface area (Å²) in [5.74, 6) is -1.20. The number of hydrogen-bond acceptors (Lipinski definition) is 3. The van der Waals surface area contributed by atoms with Crippen molar-refractivity contribution in [2.45, 2.75) is 19.3 Å². The quantitative estimate of drug-likeness (QED) is 0.510. The van der Waals surface area contributed by atoms with Gasteiger partial charge in [0.25, 0.3) is 0 Å². The third-order valence-corrected chi connectivity index (χ3v) is 5.40. The minimum Gasteiger partial charge on any atom is -0.478 e. The molecule has 3 nitrogen and oxygen atoms in total. The molecule has 2 aromatic carbocycles. The second-order valence-electron chi connectivity index (χ2n) is 5.93. The van der Waals surface area contributed by atoms with E-state index in [0.29, 0.717) is 28.3 Å². The van der Waals surface area contributed by atoms with Crippen molar-refractivity contribution >= 4 is 34.7 Å². The van der Waals surface area contributed by atoms with Crippen molar-refractivity contribution < 1.29 is 14.7 Å². The number of aryl methyl sites for hydroxylation is 1. The minimum absolute atomic E-state index is 0.0852. The number of carbonyl (C=O) groups excluding carboxylic acids is 1. The highest BCUT2D eigenvalue weighted by Gasteiger charge is 2.23. The number of aromatic carboxylic acids is 1. The monoisotopic (exact) mass is 384 g/mol. The lowest BCUT2D eigenvalue weighted by atomic mass is 10.00. The maximum Gasteiger partial charge on any atom is 0.337 e. The van der Waals surface area contributed by atoms with Crippen LogP contribution in [0.4, 0.5) is 0 Å². The third-order valence-electron chi connectivity index (χ3n) is 4.13. The highest BCUT2D eigenvalue weighted by molar-refractivity contribution is 7.13. The van der Waals surface area contributed by atoms with Gasteiger partial charge in [-0.15, -0.1) is 11.3 Å². The van der Waals surface area contributed by atoms with Crippen molar-refractivity contribution in [2.24, 2.45) is 0 Å². The molecule has 26 heavy (non-hydrogen) atoms. The van der Waals surface area contributed by atoms with E-state index in [0.717, 1.165) is 12.0 Å². The van der Waals surface area contributed by atoms with Crippen LogP contribution >= 0.6 is 22.9 Å². The molecule has 1 N–H and O–H groups in total. The number of benzene rings is 2. The van der Waals surface area contributed by atoms with Crippen molar-refractivity contribution in [2.75, 3.05) is 0 Å². The van der Waals surface area contributed by atoms with Crippen molar-refractivity contribution in [3.63, 3.8) is 0 Å². The second kappa shape index (κ2) is 8.30. The van der Waals surface area contributed by atoms with Crippen molar-refractivity contribution in [1.29, 1.82) is 0 Å². The fourth-order valence-corrected chi connectivity index (χ4v) is 3.99. The van der Waals surface area contributed by atoms with Crippen LogP contribution in [-0.2, 0) is 6.42 Å². The molecule has 0 spiro atoms. The van der Waals surface area contributed by atoms with Gasteiger partial charge in [-0.25, -0.2) is 4.79 Å². The number of ketones is 1. The van der Waals surface area contributed by atoms with Crippen molar-refractivity contribution in [1.82, 2.24) is 0 Å². The summed E-state index contributed by atoms with van der Waals surface area (Å²) in [6, 6.07) is 16.9. The number of thiophene rings is 1. The molecule has 1 aromatic heterocycles. The predicted molar refractivity (Wildman–Crippen MR) is 105 cm³/mol. The Bertz CT molecular complexity index is 914. The SMILES string of the molecule is O=C(CCCc1ccccc1)c1scc(-c2ccc(Cl)cc2)c1C(=O)O. The topological polar surface area (TPSA) is 54.4 Å². The smallest absolute Gasteiger partial charge is 0.337 e. The molecule has 132 valence electrons. The molecule has 1 heterocycles. The van der Waals surface area contributed by atoms with Gasteiger partial charge in [-0.05, 0) is 36.1 Å². The number of Topliss-reactive ketones (excluding diaryl/α,β-unsaturated/α-hetero) is 1. The molecule has 0 aliphatic heterocycles. The molecule has 3 aromatic rings. The maximum absolute atomic E-state index is 12.6. The highest BCUT2D eigenvalue weighted by atomic mass is 35.5. The number of hydrogen-bond donors (Lipinski definition) is 1. The first kappa shape index (κ1) is 18.4. The third kappa shape index (κ3) is 4.21. The summed E-state index contributed by atoms with van der Waals surface area (Å²) in [7, 11) is 0. The van der Waals surface area contributed by atoms with Gasteiger partial charge in [-0.3, -0.25) is 4.79 Å². The molecule has 0 bridgehead atoms. The van der Waals surface area contributed by atoms with E-state index in [1.807, 2.05) is 30.3 Å². The molecule has 0 saturated heterocycles. The van der Waals surface area contributed by atoms with E-state index in [9.17, 15) is 14.7 Å². The number of carboxylic acids is 1. The molecule has 0 amide bonds. The first-order valence-corrected chi connectivity index (χ1v) is 9.50. The molecule has 0 aliphatic carbocycles. The lowest BCUT2D eigenvalue weighted by molar-refractivity contribution is 0.0693. The largest absolute Gasteiger partial charge is 0.478 e. The first-order valence-electron chi connectivity index (χ1n) is 8.24. The zero-order valence-electron chi connectivity index (χ0n) is 13.9. The Morgan fingerprint density at radius 1 is 1.00 bits per heavy atom. The van der Waals surface area contributed by atoms with Crippen LogP contribution in [0, 0.1) is 0 Å². The van der Waals surface area contributed by atoms with Crippen LogP contribution in [0.3, 0.4) is 0 Å². The minimum atomic E-state index is -1.08. The Balaban J connectivity index is 1.77. The van der Waals surface area contributed by atoms with Gasteiger partial charge in [0.05, 0.1) is 10.4 Å². The fourth-order valence-electron chi connectivity index (χ4n) is 2.83. The zero-order valence-corrected chi connectivity index (χ0v) is 15.5. The summed E-state index contributed by atoms with van der Waals surface area (Å²) in [6.45, 7) is 0. The van der Waals surface area contributed by atoms with Crippen LogP contribution in [0.25, 0.3) is 11.1 Å². The summed E-state index contributed by atoms with van der Waals surface area (Å²) in [6.07, 6.45) is 1.82. The Morgan fingerprint density at radius 2 is 1.69 bits per heavy atom. The number of rotatable bonds is 7. The average Bonchev–Trinajstić information content (AvgIpc) is 3.08.